The Balaban J connectivity index is 2.37. The highest BCUT2D eigenvalue weighted by Gasteiger charge is 2.32. The summed E-state index contributed by atoms with van der Waals surface area (Å²) in [4.78, 5) is 2.59. The molecule has 1 aliphatic heterocycles. The Hall–Kier alpha value is -0.580. The maximum Gasteiger partial charge on any atom is 0.119 e. The molecule has 2 unspecified atom stereocenters. The largest absolute Gasteiger partial charge is 0.497 e. The van der Waals surface area contributed by atoms with E-state index in [1.807, 2.05) is 13.1 Å². The molecule has 0 amide bonds. The molecule has 0 aliphatic carbocycles. The molecular weight excluding hydrogens is 316 g/mol. The average Bonchev–Trinajstić information content (AvgIpc) is 2.48. The van der Waals surface area contributed by atoms with E-state index in [2.05, 4.69) is 45.2 Å². The van der Waals surface area contributed by atoms with Crippen LogP contribution in [-0.4, -0.2) is 38.7 Å². The van der Waals surface area contributed by atoms with E-state index in [1.54, 1.807) is 7.11 Å². The first-order valence-electron chi connectivity index (χ1n) is 7.43. The van der Waals surface area contributed by atoms with Gasteiger partial charge in [0.15, 0.2) is 0 Å². The van der Waals surface area contributed by atoms with Crippen LogP contribution in [0, 0.1) is 5.92 Å². The molecule has 1 saturated heterocycles. The van der Waals surface area contributed by atoms with Crippen molar-refractivity contribution in [3.8, 4) is 5.75 Å². The highest BCUT2D eigenvalue weighted by atomic mass is 79.9. The van der Waals surface area contributed by atoms with Gasteiger partial charge < -0.3 is 10.1 Å². The van der Waals surface area contributed by atoms with E-state index in [1.165, 1.54) is 29.4 Å². The van der Waals surface area contributed by atoms with Gasteiger partial charge in [0.1, 0.15) is 5.75 Å². The van der Waals surface area contributed by atoms with Crippen molar-refractivity contribution >= 4 is 15.9 Å². The lowest BCUT2D eigenvalue weighted by Gasteiger charge is -2.41. The summed E-state index contributed by atoms with van der Waals surface area (Å²) < 4.78 is 6.59. The topological polar surface area (TPSA) is 24.5 Å². The van der Waals surface area contributed by atoms with Crippen LogP contribution < -0.4 is 10.1 Å². The summed E-state index contributed by atoms with van der Waals surface area (Å²) >= 11 is 3.73. The molecule has 4 heteroatoms. The zero-order valence-electron chi connectivity index (χ0n) is 12.7. The van der Waals surface area contributed by atoms with E-state index in [4.69, 9.17) is 4.74 Å². The molecule has 3 nitrogen and oxygen atoms in total. The van der Waals surface area contributed by atoms with E-state index in [0.29, 0.717) is 12.0 Å². The molecule has 1 fully saturated rings. The standard InChI is InChI=1S/C16H25BrN2O/c1-4-19-9-5-6-12(11-18-2)16(19)14-10-13(20-3)7-8-15(14)17/h7-8,10,12,16,18H,4-6,9,11H2,1-3H3. The fraction of sp³-hybridized carbons (Fsp3) is 0.625. The zero-order valence-corrected chi connectivity index (χ0v) is 14.2. The van der Waals surface area contributed by atoms with Crippen LogP contribution >= 0.6 is 15.9 Å². The molecule has 2 atom stereocenters. The van der Waals surface area contributed by atoms with Crippen LogP contribution in [0.2, 0.25) is 0 Å². The minimum absolute atomic E-state index is 0.464. The number of benzene rings is 1. The van der Waals surface area contributed by atoms with Crippen LogP contribution in [-0.2, 0) is 0 Å². The van der Waals surface area contributed by atoms with E-state index < -0.39 is 0 Å². The zero-order chi connectivity index (χ0) is 14.5. The Labute approximate surface area is 130 Å². The van der Waals surface area contributed by atoms with Gasteiger partial charge in [-0.25, -0.2) is 0 Å². The molecule has 0 spiro atoms. The van der Waals surface area contributed by atoms with Gasteiger partial charge in [-0.1, -0.05) is 22.9 Å². The second-order valence-corrected chi connectivity index (χ2v) is 6.28. The Kier molecular flexibility index (Phi) is 5.87. The quantitative estimate of drug-likeness (QED) is 0.888. The first-order valence-corrected chi connectivity index (χ1v) is 8.22. The fourth-order valence-electron chi connectivity index (χ4n) is 3.31. The lowest BCUT2D eigenvalue weighted by Crippen LogP contribution is -2.42. The third kappa shape index (κ3) is 3.35. The summed E-state index contributed by atoms with van der Waals surface area (Å²) in [7, 11) is 3.78. The third-order valence-corrected chi connectivity index (χ3v) is 4.98. The number of piperidine rings is 1. The van der Waals surface area contributed by atoms with Gasteiger partial charge in [-0.15, -0.1) is 0 Å². The first-order chi connectivity index (χ1) is 9.71. The van der Waals surface area contributed by atoms with Gasteiger partial charge in [-0.3, -0.25) is 4.90 Å². The smallest absolute Gasteiger partial charge is 0.119 e. The molecule has 0 radical (unpaired) electrons. The second-order valence-electron chi connectivity index (χ2n) is 5.42. The monoisotopic (exact) mass is 340 g/mol. The van der Waals surface area contributed by atoms with Crippen molar-refractivity contribution in [2.45, 2.75) is 25.8 Å². The van der Waals surface area contributed by atoms with Crippen LogP contribution in [0.1, 0.15) is 31.4 Å². The highest BCUT2D eigenvalue weighted by molar-refractivity contribution is 9.10. The molecule has 0 bridgehead atoms. The van der Waals surface area contributed by atoms with Crippen molar-refractivity contribution < 1.29 is 4.74 Å². The molecule has 0 aromatic heterocycles. The van der Waals surface area contributed by atoms with Crippen molar-refractivity contribution in [1.82, 2.24) is 10.2 Å². The summed E-state index contributed by atoms with van der Waals surface area (Å²) in [5, 5.41) is 3.36. The number of hydrogen-bond acceptors (Lipinski definition) is 3. The number of hydrogen-bond donors (Lipinski definition) is 1. The van der Waals surface area contributed by atoms with E-state index in [9.17, 15) is 0 Å². The molecule has 1 aromatic carbocycles. The second kappa shape index (κ2) is 7.43. The number of rotatable bonds is 5. The van der Waals surface area contributed by atoms with E-state index in [0.717, 1.165) is 18.8 Å². The molecule has 1 aliphatic rings. The first kappa shape index (κ1) is 15.8. The Morgan fingerprint density at radius 3 is 2.90 bits per heavy atom. The highest BCUT2D eigenvalue weighted by Crippen LogP contribution is 2.40. The molecule has 20 heavy (non-hydrogen) atoms. The van der Waals surface area contributed by atoms with Gasteiger partial charge >= 0.3 is 0 Å². The Morgan fingerprint density at radius 1 is 1.45 bits per heavy atom. The van der Waals surface area contributed by atoms with Crippen LogP contribution in [0.15, 0.2) is 22.7 Å². The summed E-state index contributed by atoms with van der Waals surface area (Å²) in [5.41, 5.74) is 1.35. The summed E-state index contributed by atoms with van der Waals surface area (Å²) in [5.74, 6) is 1.59. The van der Waals surface area contributed by atoms with Gasteiger partial charge in [-0.2, -0.15) is 0 Å². The van der Waals surface area contributed by atoms with Crippen molar-refractivity contribution in [3.05, 3.63) is 28.2 Å². The van der Waals surface area contributed by atoms with Crippen LogP contribution in [0.3, 0.4) is 0 Å². The van der Waals surface area contributed by atoms with Crippen molar-refractivity contribution in [3.63, 3.8) is 0 Å². The van der Waals surface area contributed by atoms with Gasteiger partial charge in [0.2, 0.25) is 0 Å². The molecule has 0 saturated carbocycles. The van der Waals surface area contributed by atoms with E-state index >= 15 is 0 Å². The molecule has 1 N–H and O–H groups in total. The van der Waals surface area contributed by atoms with Crippen molar-refractivity contribution in [2.24, 2.45) is 5.92 Å². The van der Waals surface area contributed by atoms with Gasteiger partial charge in [0.25, 0.3) is 0 Å². The van der Waals surface area contributed by atoms with Gasteiger partial charge in [-0.05, 0) is 69.2 Å². The molecule has 1 heterocycles. The minimum Gasteiger partial charge on any atom is -0.497 e. The minimum atomic E-state index is 0.464. The summed E-state index contributed by atoms with van der Waals surface area (Å²) in [6.45, 7) is 5.59. The maximum absolute atomic E-state index is 5.41. The molecule has 1 aromatic rings. The van der Waals surface area contributed by atoms with Crippen molar-refractivity contribution in [2.75, 3.05) is 33.8 Å². The third-order valence-electron chi connectivity index (χ3n) is 4.25. The number of nitrogens with one attached hydrogen (secondary N) is 1. The number of halogens is 1. The lowest BCUT2D eigenvalue weighted by molar-refractivity contribution is 0.0975. The summed E-state index contributed by atoms with van der Waals surface area (Å²) in [6, 6.07) is 6.77. The van der Waals surface area contributed by atoms with Crippen LogP contribution in [0.4, 0.5) is 0 Å². The number of ether oxygens (including phenoxy) is 1. The fourth-order valence-corrected chi connectivity index (χ4v) is 3.79. The number of methoxy groups -OCH3 is 1. The predicted octanol–water partition coefficient (Wildman–Crippen LogP) is 3.45. The molecule has 2 rings (SSSR count). The van der Waals surface area contributed by atoms with Crippen LogP contribution in [0.5, 0.6) is 5.75 Å². The number of likely N-dealkylation sites (tertiary alicyclic amines) is 1. The Bertz CT molecular complexity index is 436. The predicted molar refractivity (Wildman–Crippen MR) is 87.3 cm³/mol. The number of nitrogens with zero attached hydrogens (tertiary/aromatic N) is 1. The molecular formula is C16H25BrN2O. The molecule has 112 valence electrons. The van der Waals surface area contributed by atoms with Gasteiger partial charge in [0.05, 0.1) is 7.11 Å². The van der Waals surface area contributed by atoms with E-state index in [-0.39, 0.29) is 0 Å². The van der Waals surface area contributed by atoms with Crippen LogP contribution in [0.25, 0.3) is 0 Å². The summed E-state index contributed by atoms with van der Waals surface area (Å²) in [6.07, 6.45) is 2.57. The Morgan fingerprint density at radius 2 is 2.25 bits per heavy atom. The average molecular weight is 341 g/mol. The lowest BCUT2D eigenvalue weighted by atomic mass is 9.84. The van der Waals surface area contributed by atoms with Gasteiger partial charge in [0, 0.05) is 10.5 Å². The normalized spacial score (nSPS) is 23.8. The SMILES string of the molecule is CCN1CCCC(CNC)C1c1cc(OC)ccc1Br. The van der Waals surface area contributed by atoms with Crippen molar-refractivity contribution in [1.29, 1.82) is 0 Å². The maximum atomic E-state index is 5.41.